The number of anilines is 1. The lowest BCUT2D eigenvalue weighted by atomic mass is 9.91. The second-order valence-electron chi connectivity index (χ2n) is 7.90. The number of nitrogens with two attached hydrogens (primary N) is 1. The molecule has 0 saturated heterocycles. The molecule has 5 aromatic rings. The first-order valence-electron chi connectivity index (χ1n) is 10.0. The first-order valence-corrected chi connectivity index (χ1v) is 10.4. The number of nitrogen functional groups attached to an aromatic ring is 1. The van der Waals surface area contributed by atoms with E-state index in [1.54, 1.807) is 35.4 Å². The maximum absolute atomic E-state index is 14.7. The molecule has 166 valence electrons. The average Bonchev–Trinajstić information content (AvgIpc) is 3.40. The van der Waals surface area contributed by atoms with Gasteiger partial charge < -0.3 is 15.8 Å². The molecule has 0 aliphatic rings. The Labute approximate surface area is 192 Å². The second kappa shape index (κ2) is 7.65. The van der Waals surface area contributed by atoms with Crippen molar-refractivity contribution in [3.05, 3.63) is 77.2 Å². The number of fused-ring (bicyclic) bond motifs is 1. The van der Waals surface area contributed by atoms with Crippen LogP contribution in [-0.4, -0.2) is 34.8 Å². The number of benzene rings is 1. The Bertz CT molecular complexity index is 1510. The highest BCUT2D eigenvalue weighted by molar-refractivity contribution is 6.30. The van der Waals surface area contributed by atoms with E-state index in [-0.39, 0.29) is 22.2 Å². The van der Waals surface area contributed by atoms with Gasteiger partial charge in [0.2, 0.25) is 5.95 Å². The van der Waals surface area contributed by atoms with Gasteiger partial charge in [-0.25, -0.2) is 19.3 Å². The van der Waals surface area contributed by atoms with Crippen molar-refractivity contribution in [1.82, 2.24) is 29.7 Å². The highest BCUT2D eigenvalue weighted by Gasteiger charge is 2.32. The monoisotopic (exact) mass is 463 g/mol. The topological polar surface area (TPSA) is 119 Å². The highest BCUT2D eigenvalue weighted by Crippen LogP contribution is 2.36. The summed E-state index contributed by atoms with van der Waals surface area (Å²) >= 11 is 5.92. The summed E-state index contributed by atoms with van der Waals surface area (Å²) in [7, 11) is 1.84. The number of rotatable bonds is 4. The average molecular weight is 464 g/mol. The first kappa shape index (κ1) is 21.0. The molecular weight excluding hydrogens is 445 g/mol. The third-order valence-corrected chi connectivity index (χ3v) is 5.86. The third-order valence-electron chi connectivity index (χ3n) is 5.56. The number of nitrogens with one attached hydrogen (secondary N) is 1. The van der Waals surface area contributed by atoms with Gasteiger partial charge >= 0.3 is 0 Å². The van der Waals surface area contributed by atoms with E-state index in [0.29, 0.717) is 16.9 Å². The van der Waals surface area contributed by atoms with Crippen LogP contribution in [0.4, 0.5) is 10.3 Å². The number of nitrogens with zero attached hydrogens (tertiary/aromatic N) is 5. The lowest BCUT2D eigenvalue weighted by Crippen LogP contribution is -2.26. The van der Waals surface area contributed by atoms with E-state index in [1.807, 2.05) is 19.3 Å². The quantitative estimate of drug-likeness (QED) is 0.370. The van der Waals surface area contributed by atoms with Gasteiger partial charge in [0.05, 0.1) is 22.6 Å². The van der Waals surface area contributed by atoms with Crippen molar-refractivity contribution >= 4 is 28.6 Å². The Morgan fingerprint density at radius 3 is 2.76 bits per heavy atom. The molecule has 0 fully saturated rings. The Morgan fingerprint density at radius 1 is 1.18 bits per heavy atom. The van der Waals surface area contributed by atoms with Gasteiger partial charge in [-0.15, -0.1) is 0 Å². The van der Waals surface area contributed by atoms with Crippen molar-refractivity contribution < 1.29 is 9.50 Å². The van der Waals surface area contributed by atoms with Crippen LogP contribution < -0.4 is 5.73 Å². The summed E-state index contributed by atoms with van der Waals surface area (Å²) in [5.74, 6) is -0.781. The van der Waals surface area contributed by atoms with Gasteiger partial charge in [-0.2, -0.15) is 5.10 Å². The summed E-state index contributed by atoms with van der Waals surface area (Å²) in [6, 6.07) is 7.98. The van der Waals surface area contributed by atoms with Crippen molar-refractivity contribution in [2.75, 3.05) is 5.73 Å². The Morgan fingerprint density at radius 2 is 2.00 bits per heavy atom. The minimum Gasteiger partial charge on any atom is -0.379 e. The summed E-state index contributed by atoms with van der Waals surface area (Å²) in [6.07, 6.45) is 7.16. The Hall–Kier alpha value is -3.82. The number of aromatic nitrogens is 6. The number of hydrogen-bond acceptors (Lipinski definition) is 6. The third kappa shape index (κ3) is 3.61. The van der Waals surface area contributed by atoms with Gasteiger partial charge in [0.15, 0.2) is 0 Å². The molecule has 1 aromatic carbocycles. The largest absolute Gasteiger partial charge is 0.379 e. The van der Waals surface area contributed by atoms with Crippen molar-refractivity contribution in [3.8, 4) is 22.4 Å². The summed E-state index contributed by atoms with van der Waals surface area (Å²) in [5, 5.41) is 16.2. The minimum atomic E-state index is -1.80. The zero-order valence-electron chi connectivity index (χ0n) is 17.7. The van der Waals surface area contributed by atoms with Crippen LogP contribution in [0.5, 0.6) is 0 Å². The standard InChI is InChI=1S/C23H19ClFN7O/c1-23(33,16-4-3-5-17(24)20(16)25)19-7-18(30-22(26)31-19)15-10-28-21-14(15)6-12(8-27-21)13-9-29-32(2)11-13/h3-11,33H,1-2H3,(H,27,28)(H2,26,30,31)/t23-/m0/s1. The molecule has 0 spiro atoms. The van der Waals surface area contributed by atoms with Crippen molar-refractivity contribution in [2.45, 2.75) is 12.5 Å². The van der Waals surface area contributed by atoms with E-state index in [9.17, 15) is 9.50 Å². The van der Waals surface area contributed by atoms with Crippen molar-refractivity contribution in [1.29, 1.82) is 0 Å². The number of aromatic amines is 1. The van der Waals surface area contributed by atoms with Crippen LogP contribution in [0.1, 0.15) is 18.2 Å². The molecule has 4 heterocycles. The van der Waals surface area contributed by atoms with Gasteiger partial charge in [0.25, 0.3) is 0 Å². The SMILES string of the molecule is Cn1cc(-c2cnc3[nH]cc(-c4cc([C@@](C)(O)c5cccc(Cl)c5F)nc(N)n4)c3c2)cn1. The van der Waals surface area contributed by atoms with Crippen molar-refractivity contribution in [3.63, 3.8) is 0 Å². The van der Waals surface area contributed by atoms with Gasteiger partial charge in [-0.1, -0.05) is 23.7 Å². The van der Waals surface area contributed by atoms with Crippen LogP contribution in [0.25, 0.3) is 33.4 Å². The van der Waals surface area contributed by atoms with E-state index in [1.165, 1.54) is 19.1 Å². The molecule has 8 nitrogen and oxygen atoms in total. The van der Waals surface area contributed by atoms with E-state index in [2.05, 4.69) is 25.0 Å². The lowest BCUT2D eigenvalue weighted by molar-refractivity contribution is 0.0933. The summed E-state index contributed by atoms with van der Waals surface area (Å²) < 4.78 is 16.4. The smallest absolute Gasteiger partial charge is 0.220 e. The fourth-order valence-corrected chi connectivity index (χ4v) is 3.99. The van der Waals surface area contributed by atoms with E-state index >= 15 is 0 Å². The Balaban J connectivity index is 1.64. The lowest BCUT2D eigenvalue weighted by Gasteiger charge is -2.24. The van der Waals surface area contributed by atoms with Gasteiger partial charge in [-0.3, -0.25) is 4.68 Å². The highest BCUT2D eigenvalue weighted by atomic mass is 35.5. The number of pyridine rings is 1. The maximum Gasteiger partial charge on any atom is 0.220 e. The van der Waals surface area contributed by atoms with E-state index in [4.69, 9.17) is 17.3 Å². The predicted molar refractivity (Wildman–Crippen MR) is 124 cm³/mol. The summed E-state index contributed by atoms with van der Waals surface area (Å²) in [4.78, 5) is 16.2. The summed E-state index contributed by atoms with van der Waals surface area (Å²) in [6.45, 7) is 1.44. The number of aliphatic hydroxyl groups is 1. The summed E-state index contributed by atoms with van der Waals surface area (Å²) in [5.41, 5.74) is 7.93. The molecule has 0 amide bonds. The van der Waals surface area contributed by atoms with Gasteiger partial charge in [-0.05, 0) is 25.1 Å². The molecule has 0 aliphatic heterocycles. The van der Waals surface area contributed by atoms with Crippen LogP contribution in [0.3, 0.4) is 0 Å². The van der Waals surface area contributed by atoms with Crippen LogP contribution >= 0.6 is 11.6 Å². The number of aryl methyl sites for hydroxylation is 1. The molecule has 4 N–H and O–H groups in total. The molecule has 0 unspecified atom stereocenters. The molecule has 0 bridgehead atoms. The van der Waals surface area contributed by atoms with Crippen LogP contribution in [0.15, 0.2) is 55.1 Å². The molecule has 10 heteroatoms. The zero-order chi connectivity index (χ0) is 23.3. The fourth-order valence-electron chi connectivity index (χ4n) is 3.81. The van der Waals surface area contributed by atoms with E-state index in [0.717, 1.165) is 16.5 Å². The second-order valence-corrected chi connectivity index (χ2v) is 8.30. The molecule has 0 aliphatic carbocycles. The zero-order valence-corrected chi connectivity index (χ0v) is 18.5. The van der Waals surface area contributed by atoms with Crippen LogP contribution in [0, 0.1) is 5.82 Å². The molecule has 1 atom stereocenters. The van der Waals surface area contributed by atoms with Crippen LogP contribution in [-0.2, 0) is 12.6 Å². The molecule has 5 rings (SSSR count). The van der Waals surface area contributed by atoms with Crippen LogP contribution in [0.2, 0.25) is 5.02 Å². The number of hydrogen-bond donors (Lipinski definition) is 3. The molecule has 4 aromatic heterocycles. The normalized spacial score (nSPS) is 13.4. The maximum atomic E-state index is 14.7. The number of H-pyrrole nitrogens is 1. The van der Waals surface area contributed by atoms with Crippen molar-refractivity contribution in [2.24, 2.45) is 7.05 Å². The Kier molecular flexibility index (Phi) is 4.88. The minimum absolute atomic E-state index is 0.0153. The molecule has 0 radical (unpaired) electrons. The molecule has 33 heavy (non-hydrogen) atoms. The van der Waals surface area contributed by atoms with E-state index < -0.39 is 11.4 Å². The molecule has 0 saturated carbocycles. The molecular formula is C23H19ClFN7O. The van der Waals surface area contributed by atoms with Gasteiger partial charge in [0.1, 0.15) is 17.1 Å². The fraction of sp³-hybridized carbons (Fsp3) is 0.130. The van der Waals surface area contributed by atoms with Gasteiger partial charge in [0, 0.05) is 53.3 Å². The predicted octanol–water partition coefficient (Wildman–Crippen LogP) is 4.05. The number of halogens is 2. The first-order chi connectivity index (χ1) is 15.7.